The molecule has 3 N–H and O–H groups in total. The van der Waals surface area contributed by atoms with E-state index in [1.165, 1.54) is 6.26 Å². The van der Waals surface area contributed by atoms with E-state index in [0.717, 1.165) is 6.42 Å². The minimum absolute atomic E-state index is 0.00454. The quantitative estimate of drug-likeness (QED) is 0.575. The summed E-state index contributed by atoms with van der Waals surface area (Å²) in [4.78, 5) is 11.2. The van der Waals surface area contributed by atoms with Crippen LogP contribution < -0.4 is 11.1 Å². The van der Waals surface area contributed by atoms with Crippen LogP contribution in [-0.2, 0) is 14.6 Å². The van der Waals surface area contributed by atoms with Crippen LogP contribution in [0.15, 0.2) is 0 Å². The second-order valence-electron chi connectivity index (χ2n) is 3.78. The Balaban J connectivity index is 2.07. The predicted molar refractivity (Wildman–Crippen MR) is 53.4 cm³/mol. The van der Waals surface area contributed by atoms with Gasteiger partial charge in [0.25, 0.3) is 0 Å². The van der Waals surface area contributed by atoms with E-state index in [2.05, 4.69) is 5.32 Å². The first-order valence-electron chi connectivity index (χ1n) is 4.61. The van der Waals surface area contributed by atoms with E-state index in [9.17, 15) is 13.2 Å². The average molecular weight is 220 g/mol. The lowest BCUT2D eigenvalue weighted by molar-refractivity contribution is -0.122. The highest BCUT2D eigenvalue weighted by Crippen LogP contribution is 2.27. The molecule has 82 valence electrons. The number of hydrogen-bond donors (Lipinski definition) is 2. The van der Waals surface area contributed by atoms with Crippen LogP contribution in [0.1, 0.15) is 12.8 Å². The molecule has 0 bridgehead atoms. The summed E-state index contributed by atoms with van der Waals surface area (Å²) in [5.74, 6) is 0.0171. The second kappa shape index (κ2) is 4.27. The molecule has 0 aliphatic heterocycles. The minimum Gasteiger partial charge on any atom is -0.356 e. The molecule has 1 rings (SSSR count). The number of amides is 1. The van der Waals surface area contributed by atoms with Crippen LogP contribution in [0.5, 0.6) is 0 Å². The van der Waals surface area contributed by atoms with Crippen LogP contribution in [-0.4, -0.2) is 38.9 Å². The standard InChI is InChI=1S/C8H16N2O3S/c1-14(12,13)4-2-3-10-8(11)6-5-7(6)9/h6-7H,2-5,9H2,1H3,(H,10,11). The second-order valence-corrected chi connectivity index (χ2v) is 6.04. The van der Waals surface area contributed by atoms with E-state index >= 15 is 0 Å². The molecular formula is C8H16N2O3S. The van der Waals surface area contributed by atoms with Gasteiger partial charge in [0.05, 0.1) is 11.7 Å². The summed E-state index contributed by atoms with van der Waals surface area (Å²) in [6, 6.07) is 0.00454. The summed E-state index contributed by atoms with van der Waals surface area (Å²) in [6.45, 7) is 0.412. The van der Waals surface area contributed by atoms with Crippen LogP contribution in [0.3, 0.4) is 0 Å². The van der Waals surface area contributed by atoms with Crippen molar-refractivity contribution in [1.82, 2.24) is 5.32 Å². The molecule has 0 aromatic heterocycles. The minimum atomic E-state index is -2.91. The maximum Gasteiger partial charge on any atom is 0.224 e. The van der Waals surface area contributed by atoms with Gasteiger partial charge in [-0.15, -0.1) is 0 Å². The van der Waals surface area contributed by atoms with Crippen molar-refractivity contribution in [2.75, 3.05) is 18.6 Å². The first-order valence-corrected chi connectivity index (χ1v) is 6.67. The van der Waals surface area contributed by atoms with Crippen LogP contribution in [0.4, 0.5) is 0 Å². The first kappa shape index (κ1) is 11.5. The van der Waals surface area contributed by atoms with Crippen molar-refractivity contribution in [3.8, 4) is 0 Å². The van der Waals surface area contributed by atoms with E-state index < -0.39 is 9.84 Å². The first-order chi connectivity index (χ1) is 6.40. The molecule has 1 saturated carbocycles. The van der Waals surface area contributed by atoms with Crippen LogP contribution in [0.25, 0.3) is 0 Å². The van der Waals surface area contributed by atoms with Gasteiger partial charge in [-0.25, -0.2) is 8.42 Å². The summed E-state index contributed by atoms with van der Waals surface area (Å²) >= 11 is 0. The topological polar surface area (TPSA) is 89.3 Å². The Morgan fingerprint density at radius 2 is 2.14 bits per heavy atom. The van der Waals surface area contributed by atoms with Gasteiger partial charge in [-0.2, -0.15) is 0 Å². The lowest BCUT2D eigenvalue weighted by Crippen LogP contribution is -2.29. The van der Waals surface area contributed by atoms with E-state index in [1.54, 1.807) is 0 Å². The molecule has 1 aliphatic rings. The fourth-order valence-corrected chi connectivity index (χ4v) is 1.86. The van der Waals surface area contributed by atoms with Gasteiger partial charge in [-0.1, -0.05) is 0 Å². The van der Waals surface area contributed by atoms with Gasteiger partial charge in [-0.05, 0) is 12.8 Å². The summed E-state index contributed by atoms with van der Waals surface area (Å²) in [6.07, 6.45) is 2.40. The molecule has 0 heterocycles. The Hall–Kier alpha value is -0.620. The Bertz CT molecular complexity index is 313. The maximum absolute atomic E-state index is 11.2. The van der Waals surface area contributed by atoms with Gasteiger partial charge in [0.2, 0.25) is 5.91 Å². The summed E-state index contributed by atoms with van der Waals surface area (Å²) in [7, 11) is -2.91. The summed E-state index contributed by atoms with van der Waals surface area (Å²) < 4.78 is 21.5. The molecule has 0 radical (unpaired) electrons. The number of hydrogen-bond acceptors (Lipinski definition) is 4. The third-order valence-corrected chi connectivity index (χ3v) is 3.20. The molecule has 6 heteroatoms. The number of rotatable bonds is 5. The normalized spacial score (nSPS) is 25.9. The number of carbonyl (C=O) groups is 1. The third kappa shape index (κ3) is 4.06. The van der Waals surface area contributed by atoms with Crippen molar-refractivity contribution in [1.29, 1.82) is 0 Å². The molecule has 5 nitrogen and oxygen atoms in total. The predicted octanol–water partition coefficient (Wildman–Crippen LogP) is -1.12. The fraction of sp³-hybridized carbons (Fsp3) is 0.875. The lowest BCUT2D eigenvalue weighted by atomic mass is 10.3. The van der Waals surface area contributed by atoms with Crippen LogP contribution in [0, 0.1) is 5.92 Å². The van der Waals surface area contributed by atoms with Crippen molar-refractivity contribution < 1.29 is 13.2 Å². The highest BCUT2D eigenvalue weighted by molar-refractivity contribution is 7.90. The van der Waals surface area contributed by atoms with Gasteiger partial charge in [0.1, 0.15) is 9.84 Å². The number of carbonyl (C=O) groups excluding carboxylic acids is 1. The van der Waals surface area contributed by atoms with Gasteiger partial charge < -0.3 is 11.1 Å². The number of nitrogens with one attached hydrogen (secondary N) is 1. The van der Waals surface area contributed by atoms with Crippen molar-refractivity contribution in [2.45, 2.75) is 18.9 Å². The molecule has 2 unspecified atom stereocenters. The Morgan fingerprint density at radius 3 is 2.57 bits per heavy atom. The third-order valence-electron chi connectivity index (χ3n) is 2.17. The Labute approximate surface area is 84.0 Å². The molecule has 14 heavy (non-hydrogen) atoms. The molecule has 1 aliphatic carbocycles. The Morgan fingerprint density at radius 1 is 1.57 bits per heavy atom. The molecule has 0 aromatic carbocycles. The van der Waals surface area contributed by atoms with Gasteiger partial charge >= 0.3 is 0 Å². The summed E-state index contributed by atoms with van der Waals surface area (Å²) in [5, 5.41) is 2.66. The molecular weight excluding hydrogens is 204 g/mol. The van der Waals surface area contributed by atoms with Gasteiger partial charge in [0.15, 0.2) is 0 Å². The van der Waals surface area contributed by atoms with Gasteiger partial charge in [0, 0.05) is 18.8 Å². The molecule has 1 amide bonds. The zero-order chi connectivity index (χ0) is 10.8. The van der Waals surface area contributed by atoms with E-state index in [0.29, 0.717) is 13.0 Å². The largest absolute Gasteiger partial charge is 0.356 e. The highest BCUT2D eigenvalue weighted by Gasteiger charge is 2.39. The smallest absolute Gasteiger partial charge is 0.224 e. The van der Waals surface area contributed by atoms with E-state index in [-0.39, 0.29) is 23.6 Å². The van der Waals surface area contributed by atoms with E-state index in [4.69, 9.17) is 5.73 Å². The monoisotopic (exact) mass is 220 g/mol. The van der Waals surface area contributed by atoms with Gasteiger partial charge in [-0.3, -0.25) is 4.79 Å². The van der Waals surface area contributed by atoms with E-state index in [1.807, 2.05) is 0 Å². The lowest BCUT2D eigenvalue weighted by Gasteiger charge is -2.03. The van der Waals surface area contributed by atoms with Crippen LogP contribution in [0.2, 0.25) is 0 Å². The molecule has 0 aromatic rings. The zero-order valence-corrected chi connectivity index (χ0v) is 9.01. The van der Waals surface area contributed by atoms with Crippen LogP contribution >= 0.6 is 0 Å². The molecule has 0 saturated heterocycles. The fourth-order valence-electron chi connectivity index (χ4n) is 1.19. The SMILES string of the molecule is CS(=O)(=O)CCCNC(=O)C1CC1N. The van der Waals surface area contributed by atoms with Crippen molar-refractivity contribution in [3.05, 3.63) is 0 Å². The average Bonchev–Trinajstić information content (AvgIpc) is 2.74. The van der Waals surface area contributed by atoms with Crippen molar-refractivity contribution in [2.24, 2.45) is 11.7 Å². The molecule has 2 atom stereocenters. The molecule has 1 fully saturated rings. The van der Waals surface area contributed by atoms with Crippen molar-refractivity contribution >= 4 is 15.7 Å². The summed E-state index contributed by atoms with van der Waals surface area (Å²) in [5.41, 5.74) is 5.48. The highest BCUT2D eigenvalue weighted by atomic mass is 32.2. The zero-order valence-electron chi connectivity index (χ0n) is 8.19. The van der Waals surface area contributed by atoms with Crippen molar-refractivity contribution in [3.63, 3.8) is 0 Å². The maximum atomic E-state index is 11.2. The number of sulfone groups is 1. The number of nitrogens with two attached hydrogens (primary N) is 1. The molecule has 0 spiro atoms. The Kier molecular flexibility index (Phi) is 3.49.